The summed E-state index contributed by atoms with van der Waals surface area (Å²) in [4.78, 5) is 28.3. The van der Waals surface area contributed by atoms with Crippen molar-refractivity contribution in [3.8, 4) is 0 Å². The molecule has 2 heterocycles. The second kappa shape index (κ2) is 7.34. The highest BCUT2D eigenvalue weighted by atomic mass is 16.2. The Labute approximate surface area is 143 Å². The molecular formula is C19H27N3O2. The highest BCUT2D eigenvalue weighted by Gasteiger charge is 2.29. The largest absolute Gasteiger partial charge is 0.338 e. The van der Waals surface area contributed by atoms with E-state index in [2.05, 4.69) is 6.92 Å². The van der Waals surface area contributed by atoms with E-state index in [1.165, 1.54) is 0 Å². The van der Waals surface area contributed by atoms with Gasteiger partial charge in [0, 0.05) is 44.2 Å². The van der Waals surface area contributed by atoms with E-state index in [1.54, 1.807) is 0 Å². The van der Waals surface area contributed by atoms with Crippen molar-refractivity contribution < 1.29 is 9.59 Å². The van der Waals surface area contributed by atoms with Crippen molar-refractivity contribution in [2.45, 2.75) is 45.2 Å². The van der Waals surface area contributed by atoms with E-state index in [0.717, 1.165) is 37.9 Å². The Morgan fingerprint density at radius 3 is 2.62 bits per heavy atom. The van der Waals surface area contributed by atoms with Crippen molar-refractivity contribution in [2.75, 3.05) is 19.6 Å². The van der Waals surface area contributed by atoms with Crippen molar-refractivity contribution in [3.05, 3.63) is 35.4 Å². The molecule has 1 aromatic rings. The van der Waals surface area contributed by atoms with Crippen molar-refractivity contribution in [1.29, 1.82) is 0 Å². The van der Waals surface area contributed by atoms with E-state index in [1.807, 2.05) is 34.1 Å². The van der Waals surface area contributed by atoms with Gasteiger partial charge in [0.2, 0.25) is 5.91 Å². The van der Waals surface area contributed by atoms with Crippen LogP contribution in [-0.2, 0) is 11.3 Å². The molecule has 3 rings (SSSR count). The first-order valence-electron chi connectivity index (χ1n) is 8.96. The van der Waals surface area contributed by atoms with E-state index in [0.29, 0.717) is 31.0 Å². The summed E-state index contributed by atoms with van der Waals surface area (Å²) in [5.41, 5.74) is 7.65. The number of hydrogen-bond donors (Lipinski definition) is 1. The van der Waals surface area contributed by atoms with Gasteiger partial charge in [-0.15, -0.1) is 0 Å². The van der Waals surface area contributed by atoms with Crippen LogP contribution in [0.3, 0.4) is 0 Å². The molecule has 5 heteroatoms. The molecular weight excluding hydrogens is 302 g/mol. The van der Waals surface area contributed by atoms with E-state index in [-0.39, 0.29) is 17.9 Å². The minimum Gasteiger partial charge on any atom is -0.338 e. The normalized spacial score (nSPS) is 24.5. The summed E-state index contributed by atoms with van der Waals surface area (Å²) in [6, 6.07) is 7.82. The standard InChI is InChI=1S/C19H27N3O2/c1-14-8-10-22(17(11-14)12-20)19(24)16-6-4-15(5-7-16)13-21-9-2-3-18(21)23/h4-7,14,17H,2-3,8-13,20H2,1H3. The third kappa shape index (κ3) is 3.61. The molecule has 2 atom stereocenters. The monoisotopic (exact) mass is 329 g/mol. The van der Waals surface area contributed by atoms with Crippen LogP contribution in [0.25, 0.3) is 0 Å². The van der Waals surface area contributed by atoms with Crippen LogP contribution in [0, 0.1) is 5.92 Å². The van der Waals surface area contributed by atoms with Crippen LogP contribution in [0.2, 0.25) is 0 Å². The number of rotatable bonds is 4. The third-order valence-electron chi connectivity index (χ3n) is 5.26. The molecule has 2 saturated heterocycles. The number of piperidine rings is 1. The zero-order valence-corrected chi connectivity index (χ0v) is 14.4. The summed E-state index contributed by atoms with van der Waals surface area (Å²) in [6.07, 6.45) is 3.63. The SMILES string of the molecule is CC1CCN(C(=O)c2ccc(CN3CCCC3=O)cc2)C(CN)C1. The van der Waals surface area contributed by atoms with Crippen LogP contribution in [-0.4, -0.2) is 47.3 Å². The highest BCUT2D eigenvalue weighted by Crippen LogP contribution is 2.24. The molecule has 0 radical (unpaired) electrons. The minimum absolute atomic E-state index is 0.0705. The van der Waals surface area contributed by atoms with Gasteiger partial charge in [-0.1, -0.05) is 19.1 Å². The number of likely N-dealkylation sites (tertiary alicyclic amines) is 2. The Hall–Kier alpha value is -1.88. The molecule has 2 N–H and O–H groups in total. The van der Waals surface area contributed by atoms with Gasteiger partial charge >= 0.3 is 0 Å². The van der Waals surface area contributed by atoms with E-state index in [4.69, 9.17) is 5.73 Å². The molecule has 2 fully saturated rings. The lowest BCUT2D eigenvalue weighted by atomic mass is 9.92. The van der Waals surface area contributed by atoms with Gasteiger partial charge in [0.15, 0.2) is 0 Å². The lowest BCUT2D eigenvalue weighted by Gasteiger charge is -2.38. The summed E-state index contributed by atoms with van der Waals surface area (Å²) in [6.45, 7) is 5.00. The number of hydrogen-bond acceptors (Lipinski definition) is 3. The molecule has 0 aromatic heterocycles. The van der Waals surface area contributed by atoms with Crippen molar-refractivity contribution >= 4 is 11.8 Å². The quantitative estimate of drug-likeness (QED) is 0.919. The van der Waals surface area contributed by atoms with Gasteiger partial charge < -0.3 is 15.5 Å². The van der Waals surface area contributed by atoms with Crippen LogP contribution in [0.15, 0.2) is 24.3 Å². The van der Waals surface area contributed by atoms with Crippen molar-refractivity contribution in [2.24, 2.45) is 11.7 Å². The third-order valence-corrected chi connectivity index (χ3v) is 5.26. The fourth-order valence-electron chi connectivity index (χ4n) is 3.75. The maximum atomic E-state index is 12.8. The molecule has 0 spiro atoms. The van der Waals surface area contributed by atoms with Crippen LogP contribution < -0.4 is 5.73 Å². The van der Waals surface area contributed by atoms with Crippen LogP contribution in [0.5, 0.6) is 0 Å². The van der Waals surface area contributed by atoms with E-state index in [9.17, 15) is 9.59 Å². The van der Waals surface area contributed by atoms with Crippen LogP contribution >= 0.6 is 0 Å². The zero-order chi connectivity index (χ0) is 17.1. The number of nitrogens with two attached hydrogens (primary N) is 1. The summed E-state index contributed by atoms with van der Waals surface area (Å²) >= 11 is 0. The Morgan fingerprint density at radius 2 is 2.00 bits per heavy atom. The van der Waals surface area contributed by atoms with E-state index < -0.39 is 0 Å². The summed E-state index contributed by atoms with van der Waals surface area (Å²) in [7, 11) is 0. The lowest BCUT2D eigenvalue weighted by Crippen LogP contribution is -2.49. The molecule has 2 aliphatic rings. The molecule has 5 nitrogen and oxygen atoms in total. The summed E-state index contributed by atoms with van der Waals surface area (Å²) in [5, 5.41) is 0. The lowest BCUT2D eigenvalue weighted by molar-refractivity contribution is -0.128. The molecule has 130 valence electrons. The van der Waals surface area contributed by atoms with Crippen LogP contribution in [0.4, 0.5) is 0 Å². The topological polar surface area (TPSA) is 66.6 Å². The Morgan fingerprint density at radius 1 is 1.25 bits per heavy atom. The molecule has 24 heavy (non-hydrogen) atoms. The van der Waals surface area contributed by atoms with Gasteiger partial charge in [0.05, 0.1) is 0 Å². The first-order chi connectivity index (χ1) is 11.6. The smallest absolute Gasteiger partial charge is 0.254 e. The molecule has 2 amide bonds. The number of amides is 2. The Kier molecular flexibility index (Phi) is 5.19. The Balaban J connectivity index is 1.66. The predicted octanol–water partition coefficient (Wildman–Crippen LogP) is 2.01. The fourth-order valence-corrected chi connectivity index (χ4v) is 3.75. The van der Waals surface area contributed by atoms with Crippen LogP contribution in [0.1, 0.15) is 48.5 Å². The van der Waals surface area contributed by atoms with Gasteiger partial charge in [-0.2, -0.15) is 0 Å². The molecule has 2 aliphatic heterocycles. The first-order valence-corrected chi connectivity index (χ1v) is 8.96. The maximum absolute atomic E-state index is 12.8. The minimum atomic E-state index is 0.0705. The molecule has 0 bridgehead atoms. The second-order valence-corrected chi connectivity index (χ2v) is 7.13. The molecule has 2 unspecified atom stereocenters. The average Bonchev–Trinajstić information content (AvgIpc) is 2.99. The average molecular weight is 329 g/mol. The predicted molar refractivity (Wildman–Crippen MR) is 93.4 cm³/mol. The van der Waals surface area contributed by atoms with Crippen molar-refractivity contribution in [1.82, 2.24) is 9.80 Å². The summed E-state index contributed by atoms with van der Waals surface area (Å²) < 4.78 is 0. The van der Waals surface area contributed by atoms with E-state index >= 15 is 0 Å². The van der Waals surface area contributed by atoms with Gasteiger partial charge in [0.1, 0.15) is 0 Å². The zero-order valence-electron chi connectivity index (χ0n) is 14.4. The molecule has 0 saturated carbocycles. The highest BCUT2D eigenvalue weighted by molar-refractivity contribution is 5.94. The number of nitrogens with zero attached hydrogens (tertiary/aromatic N) is 2. The first kappa shape index (κ1) is 17.0. The second-order valence-electron chi connectivity index (χ2n) is 7.13. The molecule has 0 aliphatic carbocycles. The van der Waals surface area contributed by atoms with Gasteiger partial charge in [-0.25, -0.2) is 0 Å². The Bertz CT molecular complexity index is 599. The van der Waals surface area contributed by atoms with Gasteiger partial charge in [-0.3, -0.25) is 9.59 Å². The maximum Gasteiger partial charge on any atom is 0.254 e. The van der Waals surface area contributed by atoms with Gasteiger partial charge in [0.25, 0.3) is 5.91 Å². The molecule has 1 aromatic carbocycles. The number of carbonyl (C=O) groups is 2. The van der Waals surface area contributed by atoms with Crippen molar-refractivity contribution in [3.63, 3.8) is 0 Å². The number of benzene rings is 1. The number of carbonyl (C=O) groups excluding carboxylic acids is 2. The summed E-state index contributed by atoms with van der Waals surface area (Å²) in [5.74, 6) is 0.924. The van der Waals surface area contributed by atoms with Gasteiger partial charge in [-0.05, 0) is 42.9 Å². The fraction of sp³-hybridized carbons (Fsp3) is 0.579.